The SMILES string of the molecule is CCOc1ccc(CCC2CCN(C(=O)Cn3nc(C)c(Cl)c3C)CC2)cc1. The van der Waals surface area contributed by atoms with Gasteiger partial charge in [-0.2, -0.15) is 5.10 Å². The number of piperidine rings is 1. The van der Waals surface area contributed by atoms with Gasteiger partial charge in [-0.15, -0.1) is 0 Å². The lowest BCUT2D eigenvalue weighted by Crippen LogP contribution is -2.40. The molecule has 1 amide bonds. The fourth-order valence-electron chi connectivity index (χ4n) is 3.82. The summed E-state index contributed by atoms with van der Waals surface area (Å²) in [5, 5.41) is 5.02. The number of rotatable bonds is 7. The predicted molar refractivity (Wildman–Crippen MR) is 112 cm³/mol. The molecule has 5 nitrogen and oxygen atoms in total. The zero-order valence-corrected chi connectivity index (χ0v) is 17.8. The summed E-state index contributed by atoms with van der Waals surface area (Å²) in [6.45, 7) is 8.41. The van der Waals surface area contributed by atoms with E-state index in [4.69, 9.17) is 16.3 Å². The van der Waals surface area contributed by atoms with Crippen LogP contribution in [0.1, 0.15) is 43.1 Å². The summed E-state index contributed by atoms with van der Waals surface area (Å²) in [5.74, 6) is 1.74. The first-order chi connectivity index (χ1) is 13.5. The fraction of sp³-hybridized carbons (Fsp3) is 0.545. The molecule has 0 aliphatic carbocycles. The molecule has 2 aromatic rings. The molecule has 152 valence electrons. The first-order valence-electron chi connectivity index (χ1n) is 10.2. The molecule has 0 spiro atoms. The van der Waals surface area contributed by atoms with E-state index in [2.05, 4.69) is 17.2 Å². The van der Waals surface area contributed by atoms with Crippen LogP contribution in [0, 0.1) is 19.8 Å². The number of amides is 1. The van der Waals surface area contributed by atoms with Crippen molar-refractivity contribution in [3.05, 3.63) is 46.2 Å². The maximum atomic E-state index is 12.6. The number of aryl methyl sites for hydroxylation is 2. The minimum Gasteiger partial charge on any atom is -0.494 e. The van der Waals surface area contributed by atoms with Crippen LogP contribution in [0.15, 0.2) is 24.3 Å². The Labute approximate surface area is 172 Å². The highest BCUT2D eigenvalue weighted by Gasteiger charge is 2.23. The van der Waals surface area contributed by atoms with Crippen LogP contribution < -0.4 is 4.74 Å². The largest absolute Gasteiger partial charge is 0.494 e. The van der Waals surface area contributed by atoms with Gasteiger partial charge in [0.25, 0.3) is 0 Å². The summed E-state index contributed by atoms with van der Waals surface area (Å²) in [4.78, 5) is 14.6. The molecule has 6 heteroatoms. The van der Waals surface area contributed by atoms with Gasteiger partial charge < -0.3 is 9.64 Å². The van der Waals surface area contributed by atoms with Crippen molar-refractivity contribution in [3.63, 3.8) is 0 Å². The van der Waals surface area contributed by atoms with Crippen LogP contribution in [0.3, 0.4) is 0 Å². The van der Waals surface area contributed by atoms with E-state index in [1.807, 2.05) is 37.8 Å². The number of benzene rings is 1. The second-order valence-electron chi connectivity index (χ2n) is 7.58. The van der Waals surface area contributed by atoms with Crippen LogP contribution in [0.4, 0.5) is 0 Å². The lowest BCUT2D eigenvalue weighted by atomic mass is 9.90. The minimum absolute atomic E-state index is 0.132. The molecule has 0 atom stereocenters. The fourth-order valence-corrected chi connectivity index (χ4v) is 3.95. The quantitative estimate of drug-likeness (QED) is 0.687. The Morgan fingerprint density at radius 1 is 1.21 bits per heavy atom. The van der Waals surface area contributed by atoms with Crippen molar-refractivity contribution in [2.75, 3.05) is 19.7 Å². The van der Waals surface area contributed by atoms with E-state index in [1.165, 1.54) is 12.0 Å². The van der Waals surface area contributed by atoms with Crippen LogP contribution in [0.5, 0.6) is 5.75 Å². The van der Waals surface area contributed by atoms with Crippen molar-refractivity contribution < 1.29 is 9.53 Å². The van der Waals surface area contributed by atoms with E-state index in [9.17, 15) is 4.79 Å². The Hall–Kier alpha value is -2.01. The van der Waals surface area contributed by atoms with E-state index in [0.29, 0.717) is 17.5 Å². The number of ether oxygens (including phenoxy) is 1. The number of aromatic nitrogens is 2. The van der Waals surface area contributed by atoms with E-state index >= 15 is 0 Å². The van der Waals surface area contributed by atoms with Gasteiger partial charge in [-0.25, -0.2) is 0 Å². The molecule has 0 bridgehead atoms. The Kier molecular flexibility index (Phi) is 7.00. The van der Waals surface area contributed by atoms with Crippen LogP contribution in [-0.4, -0.2) is 40.3 Å². The normalized spacial score (nSPS) is 15.1. The standard InChI is InChI=1S/C22H30ClN3O2/c1-4-28-20-9-7-18(8-10-20)5-6-19-11-13-25(14-12-19)21(27)15-26-17(3)22(23)16(2)24-26/h7-10,19H,4-6,11-15H2,1-3H3. The maximum Gasteiger partial charge on any atom is 0.244 e. The van der Waals surface area contributed by atoms with E-state index < -0.39 is 0 Å². The van der Waals surface area contributed by atoms with Crippen molar-refractivity contribution in [1.29, 1.82) is 0 Å². The van der Waals surface area contributed by atoms with E-state index in [1.54, 1.807) is 4.68 Å². The smallest absolute Gasteiger partial charge is 0.244 e. The third kappa shape index (κ3) is 5.07. The zero-order chi connectivity index (χ0) is 20.1. The van der Waals surface area contributed by atoms with Gasteiger partial charge in [0.05, 0.1) is 23.0 Å². The molecule has 1 saturated heterocycles. The van der Waals surface area contributed by atoms with Gasteiger partial charge in [-0.3, -0.25) is 9.48 Å². The van der Waals surface area contributed by atoms with Crippen molar-refractivity contribution in [2.45, 2.75) is 53.0 Å². The molecule has 1 aromatic carbocycles. The number of likely N-dealkylation sites (tertiary alicyclic amines) is 1. The zero-order valence-electron chi connectivity index (χ0n) is 17.1. The molecule has 1 aromatic heterocycles. The highest BCUT2D eigenvalue weighted by atomic mass is 35.5. The Morgan fingerprint density at radius 2 is 1.89 bits per heavy atom. The van der Waals surface area contributed by atoms with Crippen molar-refractivity contribution in [2.24, 2.45) is 5.92 Å². The van der Waals surface area contributed by atoms with Gasteiger partial charge in [0.1, 0.15) is 12.3 Å². The van der Waals surface area contributed by atoms with Crippen LogP contribution in [0.25, 0.3) is 0 Å². The molecule has 1 aliphatic rings. The molecule has 0 saturated carbocycles. The maximum absolute atomic E-state index is 12.6. The number of halogens is 1. The third-order valence-corrected chi connectivity index (χ3v) is 6.17. The topological polar surface area (TPSA) is 47.4 Å². The molecule has 3 rings (SSSR count). The predicted octanol–water partition coefficient (Wildman–Crippen LogP) is 4.42. The third-order valence-electron chi connectivity index (χ3n) is 5.62. The van der Waals surface area contributed by atoms with Crippen molar-refractivity contribution in [3.8, 4) is 5.75 Å². The van der Waals surface area contributed by atoms with Crippen LogP contribution in [-0.2, 0) is 17.8 Å². The number of nitrogens with zero attached hydrogens (tertiary/aromatic N) is 3. The molecule has 0 unspecified atom stereocenters. The highest BCUT2D eigenvalue weighted by molar-refractivity contribution is 6.31. The second kappa shape index (κ2) is 9.46. The van der Waals surface area contributed by atoms with E-state index in [0.717, 1.165) is 49.5 Å². The first kappa shape index (κ1) is 20.7. The lowest BCUT2D eigenvalue weighted by molar-refractivity contribution is -0.133. The van der Waals surface area contributed by atoms with E-state index in [-0.39, 0.29) is 12.5 Å². The monoisotopic (exact) mass is 403 g/mol. The van der Waals surface area contributed by atoms with Gasteiger partial charge in [0, 0.05) is 13.1 Å². The number of carbonyl (C=O) groups excluding carboxylic acids is 1. The molecular formula is C22H30ClN3O2. The molecular weight excluding hydrogens is 374 g/mol. The van der Waals surface area contributed by atoms with Gasteiger partial charge in [0.15, 0.2) is 0 Å². The summed E-state index contributed by atoms with van der Waals surface area (Å²) in [6, 6.07) is 8.41. The summed E-state index contributed by atoms with van der Waals surface area (Å²) >= 11 is 6.18. The number of carbonyl (C=O) groups is 1. The Bertz CT molecular complexity index is 793. The lowest BCUT2D eigenvalue weighted by Gasteiger charge is -2.32. The number of hydrogen-bond acceptors (Lipinski definition) is 3. The average Bonchev–Trinajstić information content (AvgIpc) is 2.94. The average molecular weight is 404 g/mol. The Morgan fingerprint density at radius 3 is 2.46 bits per heavy atom. The second-order valence-corrected chi connectivity index (χ2v) is 7.96. The van der Waals surface area contributed by atoms with Crippen molar-refractivity contribution >= 4 is 17.5 Å². The Balaban J connectivity index is 1.43. The van der Waals surface area contributed by atoms with Gasteiger partial charge in [-0.05, 0) is 70.1 Å². The van der Waals surface area contributed by atoms with Gasteiger partial charge in [0.2, 0.25) is 5.91 Å². The molecule has 0 N–H and O–H groups in total. The van der Waals surface area contributed by atoms with Crippen LogP contribution >= 0.6 is 11.6 Å². The summed E-state index contributed by atoms with van der Waals surface area (Å²) in [6.07, 6.45) is 4.39. The molecule has 1 aliphatic heterocycles. The summed E-state index contributed by atoms with van der Waals surface area (Å²) < 4.78 is 7.22. The molecule has 28 heavy (non-hydrogen) atoms. The highest BCUT2D eigenvalue weighted by Crippen LogP contribution is 2.24. The summed E-state index contributed by atoms with van der Waals surface area (Å²) in [5.41, 5.74) is 2.99. The van der Waals surface area contributed by atoms with Crippen LogP contribution in [0.2, 0.25) is 5.02 Å². The summed E-state index contributed by atoms with van der Waals surface area (Å²) in [7, 11) is 0. The van der Waals surface area contributed by atoms with Crippen molar-refractivity contribution in [1.82, 2.24) is 14.7 Å². The van der Waals surface area contributed by atoms with Gasteiger partial charge >= 0.3 is 0 Å². The number of hydrogen-bond donors (Lipinski definition) is 0. The molecule has 1 fully saturated rings. The molecule has 2 heterocycles. The molecule has 0 radical (unpaired) electrons. The first-order valence-corrected chi connectivity index (χ1v) is 10.5. The van der Waals surface area contributed by atoms with Gasteiger partial charge in [-0.1, -0.05) is 23.7 Å². The minimum atomic E-state index is 0.132.